The average Bonchev–Trinajstić information content (AvgIpc) is 2.80. The van der Waals surface area contributed by atoms with E-state index in [4.69, 9.17) is 32.7 Å². The van der Waals surface area contributed by atoms with Crippen LogP contribution in [0.4, 0.5) is 5.69 Å². The number of rotatable bonds is 5. The van der Waals surface area contributed by atoms with Crippen LogP contribution in [0.5, 0.6) is 11.5 Å². The monoisotopic (exact) mass is 469 g/mol. The van der Waals surface area contributed by atoms with E-state index in [1.807, 2.05) is 24.3 Å². The molecule has 32 heavy (non-hydrogen) atoms. The van der Waals surface area contributed by atoms with Crippen LogP contribution in [-0.4, -0.2) is 25.9 Å². The Labute approximate surface area is 196 Å². The number of ketones is 1. The van der Waals surface area contributed by atoms with Crippen LogP contribution >= 0.6 is 23.2 Å². The number of Topliss-reactive ketones (excluding diaryl/α,β-unsaturated/α-hetero) is 1. The van der Waals surface area contributed by atoms with Gasteiger partial charge in [-0.15, -0.1) is 0 Å². The Kier molecular flexibility index (Phi) is 5.89. The zero-order valence-electron chi connectivity index (χ0n) is 17.8. The van der Waals surface area contributed by atoms with Gasteiger partial charge in [-0.05, 0) is 54.4 Å². The number of fused-ring (bicyclic) bond motifs is 1. The van der Waals surface area contributed by atoms with Crippen molar-refractivity contribution in [2.45, 2.75) is 18.9 Å². The van der Waals surface area contributed by atoms with E-state index in [0.717, 1.165) is 5.56 Å². The van der Waals surface area contributed by atoms with E-state index in [2.05, 4.69) is 0 Å². The van der Waals surface area contributed by atoms with Gasteiger partial charge in [0.25, 0.3) is 0 Å². The largest absolute Gasteiger partial charge is 0.497 e. The molecule has 0 fully saturated rings. The summed E-state index contributed by atoms with van der Waals surface area (Å²) in [5, 5.41) is 0.554. The number of carbonyl (C=O) groups is 2. The van der Waals surface area contributed by atoms with Crippen molar-refractivity contribution in [3.63, 3.8) is 0 Å². The fraction of sp³-hybridized carbons (Fsp3) is 0.200. The maximum absolute atomic E-state index is 13.9. The summed E-state index contributed by atoms with van der Waals surface area (Å²) in [6.07, 6.45) is 0. The van der Waals surface area contributed by atoms with E-state index in [-0.39, 0.29) is 28.8 Å². The Bertz CT molecular complexity index is 1210. The van der Waals surface area contributed by atoms with Gasteiger partial charge in [-0.3, -0.25) is 9.59 Å². The van der Waals surface area contributed by atoms with Crippen molar-refractivity contribution >= 4 is 40.6 Å². The molecule has 1 aliphatic heterocycles. The van der Waals surface area contributed by atoms with Crippen LogP contribution in [0.3, 0.4) is 0 Å². The Morgan fingerprint density at radius 2 is 1.59 bits per heavy atom. The van der Waals surface area contributed by atoms with Crippen LogP contribution in [0.2, 0.25) is 10.0 Å². The first-order valence-electron chi connectivity index (χ1n) is 9.93. The number of ether oxygens (including phenoxy) is 2. The zero-order valence-corrected chi connectivity index (χ0v) is 19.3. The van der Waals surface area contributed by atoms with Crippen molar-refractivity contribution in [3.8, 4) is 11.5 Å². The summed E-state index contributed by atoms with van der Waals surface area (Å²) in [4.78, 5) is 29.2. The van der Waals surface area contributed by atoms with E-state index >= 15 is 0 Å². The molecule has 3 aromatic rings. The lowest BCUT2D eigenvalue weighted by Gasteiger charge is -2.40. The standard InChI is InChI=1S/C25H21Cl2NO4/c1-25(16-7-9-18(31-2)10-8-16)23(29)22-20(27)12-17(26)13-21(22)28(24(25)30)14-15-5-4-6-19(11-15)32-3/h4-13H,14H2,1-3H3. The number of anilines is 1. The summed E-state index contributed by atoms with van der Waals surface area (Å²) in [6, 6.07) is 17.5. The molecule has 4 rings (SSSR count). The smallest absolute Gasteiger partial charge is 0.245 e. The molecule has 1 heterocycles. The fourth-order valence-corrected chi connectivity index (χ4v) is 4.58. The molecule has 0 aromatic heterocycles. The van der Waals surface area contributed by atoms with E-state index < -0.39 is 5.41 Å². The van der Waals surface area contributed by atoms with Crippen molar-refractivity contribution in [1.82, 2.24) is 0 Å². The minimum Gasteiger partial charge on any atom is -0.497 e. The van der Waals surface area contributed by atoms with Crippen LogP contribution < -0.4 is 14.4 Å². The van der Waals surface area contributed by atoms with Gasteiger partial charge in [0.1, 0.15) is 16.9 Å². The minimum absolute atomic E-state index is 0.209. The maximum atomic E-state index is 13.9. The highest BCUT2D eigenvalue weighted by Gasteiger charge is 2.51. The van der Waals surface area contributed by atoms with E-state index in [1.165, 1.54) is 6.07 Å². The first-order chi connectivity index (χ1) is 15.3. The van der Waals surface area contributed by atoms with Gasteiger partial charge in [0.05, 0.1) is 37.0 Å². The molecular formula is C25H21Cl2NO4. The molecule has 0 saturated carbocycles. The number of halogens is 2. The topological polar surface area (TPSA) is 55.8 Å². The number of carbonyl (C=O) groups excluding carboxylic acids is 2. The SMILES string of the molecule is COc1ccc(C2(C)C(=O)c3c(Cl)cc(Cl)cc3N(Cc3cccc(OC)c3)C2=O)cc1. The second kappa shape index (κ2) is 8.49. The number of benzene rings is 3. The molecule has 7 heteroatoms. The summed E-state index contributed by atoms with van der Waals surface area (Å²) in [6.45, 7) is 1.85. The molecule has 5 nitrogen and oxygen atoms in total. The minimum atomic E-state index is -1.46. The van der Waals surface area contributed by atoms with Gasteiger partial charge in [0.15, 0.2) is 5.78 Å². The summed E-state index contributed by atoms with van der Waals surface area (Å²) in [5.41, 5.74) is 0.602. The highest BCUT2D eigenvalue weighted by molar-refractivity contribution is 6.41. The van der Waals surface area contributed by atoms with Crippen molar-refractivity contribution in [3.05, 3.63) is 87.4 Å². The van der Waals surface area contributed by atoms with E-state index in [0.29, 0.717) is 27.8 Å². The first-order valence-corrected chi connectivity index (χ1v) is 10.7. The number of amides is 1. The summed E-state index contributed by atoms with van der Waals surface area (Å²) in [7, 11) is 3.14. The van der Waals surface area contributed by atoms with Crippen LogP contribution in [0.25, 0.3) is 0 Å². The van der Waals surface area contributed by atoms with Crippen LogP contribution in [0.1, 0.15) is 28.4 Å². The maximum Gasteiger partial charge on any atom is 0.245 e. The molecule has 1 aliphatic rings. The van der Waals surface area contributed by atoms with E-state index in [9.17, 15) is 9.59 Å². The molecule has 0 saturated heterocycles. The van der Waals surface area contributed by atoms with Crippen molar-refractivity contribution in [2.75, 3.05) is 19.1 Å². The molecule has 1 atom stereocenters. The van der Waals surface area contributed by atoms with Crippen molar-refractivity contribution in [2.24, 2.45) is 0 Å². The fourth-order valence-electron chi connectivity index (χ4n) is 4.01. The van der Waals surface area contributed by atoms with Gasteiger partial charge in [-0.1, -0.05) is 47.5 Å². The number of nitrogens with zero attached hydrogens (tertiary/aromatic N) is 1. The molecule has 0 N–H and O–H groups in total. The van der Waals surface area contributed by atoms with Gasteiger partial charge in [0, 0.05) is 5.02 Å². The molecular weight excluding hydrogens is 449 g/mol. The predicted octanol–water partition coefficient (Wildman–Crippen LogP) is 5.70. The number of hydrogen-bond acceptors (Lipinski definition) is 4. The lowest BCUT2D eigenvalue weighted by atomic mass is 9.72. The van der Waals surface area contributed by atoms with Gasteiger partial charge < -0.3 is 14.4 Å². The zero-order chi connectivity index (χ0) is 23.0. The quantitative estimate of drug-likeness (QED) is 0.449. The van der Waals surface area contributed by atoms with Gasteiger partial charge in [0.2, 0.25) is 5.91 Å². The summed E-state index contributed by atoms with van der Waals surface area (Å²) in [5.74, 6) is 0.573. The number of hydrogen-bond donors (Lipinski definition) is 0. The first kappa shape index (κ1) is 22.2. The van der Waals surface area contributed by atoms with E-state index in [1.54, 1.807) is 56.4 Å². The van der Waals surface area contributed by atoms with Crippen LogP contribution in [0.15, 0.2) is 60.7 Å². The Hall–Kier alpha value is -3.02. The van der Waals surface area contributed by atoms with Gasteiger partial charge in [-0.25, -0.2) is 0 Å². The third-order valence-corrected chi connectivity index (χ3v) is 6.34. The van der Waals surface area contributed by atoms with Crippen molar-refractivity contribution < 1.29 is 19.1 Å². The molecule has 0 spiro atoms. The van der Waals surface area contributed by atoms with Crippen LogP contribution in [-0.2, 0) is 16.8 Å². The lowest BCUT2D eigenvalue weighted by Crippen LogP contribution is -2.54. The number of methoxy groups -OCH3 is 2. The highest BCUT2D eigenvalue weighted by atomic mass is 35.5. The molecule has 3 aromatic carbocycles. The summed E-state index contributed by atoms with van der Waals surface area (Å²) >= 11 is 12.7. The highest BCUT2D eigenvalue weighted by Crippen LogP contribution is 2.44. The second-order valence-corrected chi connectivity index (χ2v) is 8.55. The molecule has 0 bridgehead atoms. The van der Waals surface area contributed by atoms with Crippen molar-refractivity contribution in [1.29, 1.82) is 0 Å². The Balaban J connectivity index is 1.89. The Morgan fingerprint density at radius 3 is 2.25 bits per heavy atom. The molecule has 164 valence electrons. The average molecular weight is 470 g/mol. The normalized spacial score (nSPS) is 17.8. The summed E-state index contributed by atoms with van der Waals surface area (Å²) < 4.78 is 10.5. The van der Waals surface area contributed by atoms with Crippen LogP contribution in [0, 0.1) is 0 Å². The molecule has 0 aliphatic carbocycles. The van der Waals surface area contributed by atoms with Gasteiger partial charge >= 0.3 is 0 Å². The Morgan fingerprint density at radius 1 is 0.906 bits per heavy atom. The molecule has 1 amide bonds. The second-order valence-electron chi connectivity index (χ2n) is 7.71. The molecule has 0 radical (unpaired) electrons. The third kappa shape index (κ3) is 3.61. The predicted molar refractivity (Wildman–Crippen MR) is 125 cm³/mol. The van der Waals surface area contributed by atoms with Gasteiger partial charge in [-0.2, -0.15) is 0 Å². The molecule has 1 unspecified atom stereocenters. The third-order valence-electron chi connectivity index (χ3n) is 5.82. The lowest BCUT2D eigenvalue weighted by molar-refractivity contribution is -0.122.